The van der Waals surface area contributed by atoms with Gasteiger partial charge in [0.1, 0.15) is 5.82 Å². The van der Waals surface area contributed by atoms with E-state index in [1.165, 1.54) is 6.07 Å². The maximum Gasteiger partial charge on any atom is 0.306 e. The third kappa shape index (κ3) is 4.79. The molecular weight excluding hydrogens is 361 g/mol. The molecule has 0 saturated carbocycles. The molecule has 0 saturated heterocycles. The van der Waals surface area contributed by atoms with E-state index in [-0.39, 0.29) is 5.54 Å². The number of hydrogen-bond donors (Lipinski definition) is 2. The molecular formula is C20H20FN5O2. The maximum absolute atomic E-state index is 13.6. The molecule has 1 heterocycles. The highest BCUT2D eigenvalue weighted by molar-refractivity contribution is 5.68. The largest absolute Gasteiger partial charge is 0.350 e. The van der Waals surface area contributed by atoms with Crippen molar-refractivity contribution < 1.29 is 9.31 Å². The van der Waals surface area contributed by atoms with Gasteiger partial charge in [0.25, 0.3) is 0 Å². The smallest absolute Gasteiger partial charge is 0.306 e. The van der Waals surface area contributed by atoms with Crippen molar-refractivity contribution in [1.82, 2.24) is 9.97 Å². The molecule has 0 amide bonds. The van der Waals surface area contributed by atoms with Crippen molar-refractivity contribution in [3.8, 4) is 11.3 Å². The van der Waals surface area contributed by atoms with E-state index in [0.29, 0.717) is 23.1 Å². The number of hydrogen-bond acceptors (Lipinski definition) is 6. The second-order valence-electron chi connectivity index (χ2n) is 7.25. The Morgan fingerprint density at radius 3 is 2.39 bits per heavy atom. The van der Waals surface area contributed by atoms with Crippen LogP contribution in [0.3, 0.4) is 0 Å². The topological polar surface area (TPSA) is 93.0 Å². The Kier molecular flexibility index (Phi) is 5.21. The zero-order valence-electron chi connectivity index (χ0n) is 15.7. The highest BCUT2D eigenvalue weighted by Crippen LogP contribution is 2.27. The molecule has 2 N–H and O–H groups in total. The van der Waals surface area contributed by atoms with Crippen LogP contribution in [0.1, 0.15) is 20.8 Å². The first kappa shape index (κ1) is 19.2. The average Bonchev–Trinajstić information content (AvgIpc) is 2.62. The molecule has 28 heavy (non-hydrogen) atoms. The number of halogens is 1. The molecule has 0 spiro atoms. The van der Waals surface area contributed by atoms with Gasteiger partial charge in [-0.15, -0.1) is 0 Å². The van der Waals surface area contributed by atoms with Gasteiger partial charge in [-0.05, 0) is 32.9 Å². The molecule has 0 unspecified atom stereocenters. The van der Waals surface area contributed by atoms with Crippen molar-refractivity contribution in [3.05, 3.63) is 70.5 Å². The molecule has 3 aromatic rings. The lowest BCUT2D eigenvalue weighted by atomic mass is 10.1. The fourth-order valence-corrected chi connectivity index (χ4v) is 2.54. The number of anilines is 3. The standard InChI is InChI=1S/C20H20FN5O2/c1-20(2,3)25-19-23-16(13-7-5-4-6-8-13)12-18(24-19)22-14-9-10-15(21)17(11-14)26(27)28/h4-12H,1-3H3,(H2,22,23,24,25). The van der Waals surface area contributed by atoms with Crippen LogP contribution in [0.25, 0.3) is 11.3 Å². The summed E-state index contributed by atoms with van der Waals surface area (Å²) in [6.07, 6.45) is 0. The minimum absolute atomic E-state index is 0.263. The molecule has 0 bridgehead atoms. The zero-order chi connectivity index (χ0) is 20.3. The summed E-state index contributed by atoms with van der Waals surface area (Å²) >= 11 is 0. The molecule has 0 aliphatic heterocycles. The summed E-state index contributed by atoms with van der Waals surface area (Å²) in [4.78, 5) is 19.2. The summed E-state index contributed by atoms with van der Waals surface area (Å²) in [5, 5.41) is 17.2. The summed E-state index contributed by atoms with van der Waals surface area (Å²) in [6.45, 7) is 5.96. The number of nitro benzene ring substituents is 1. The van der Waals surface area contributed by atoms with Crippen LogP contribution in [0.2, 0.25) is 0 Å². The fraction of sp³-hybridized carbons (Fsp3) is 0.200. The van der Waals surface area contributed by atoms with Crippen LogP contribution in [0, 0.1) is 15.9 Å². The molecule has 144 valence electrons. The zero-order valence-corrected chi connectivity index (χ0v) is 15.7. The summed E-state index contributed by atoms with van der Waals surface area (Å²) in [6, 6.07) is 14.9. The van der Waals surface area contributed by atoms with Gasteiger partial charge in [0.2, 0.25) is 11.8 Å². The van der Waals surface area contributed by atoms with Crippen LogP contribution in [-0.4, -0.2) is 20.4 Å². The van der Waals surface area contributed by atoms with Gasteiger partial charge in [0.05, 0.1) is 10.6 Å². The van der Waals surface area contributed by atoms with Gasteiger partial charge >= 0.3 is 5.69 Å². The fourth-order valence-electron chi connectivity index (χ4n) is 2.54. The number of nitro groups is 1. The highest BCUT2D eigenvalue weighted by atomic mass is 19.1. The summed E-state index contributed by atoms with van der Waals surface area (Å²) < 4.78 is 13.6. The van der Waals surface area contributed by atoms with Crippen molar-refractivity contribution >= 4 is 23.1 Å². The Balaban J connectivity index is 2.01. The van der Waals surface area contributed by atoms with Gasteiger partial charge < -0.3 is 10.6 Å². The second kappa shape index (κ2) is 7.59. The molecule has 8 heteroatoms. The van der Waals surface area contributed by atoms with Crippen LogP contribution < -0.4 is 10.6 Å². The number of rotatable bonds is 5. The SMILES string of the molecule is CC(C)(C)Nc1nc(Nc2ccc(F)c([N+](=O)[O-])c2)cc(-c2ccccc2)n1. The van der Waals surface area contributed by atoms with Gasteiger partial charge in [-0.1, -0.05) is 30.3 Å². The molecule has 7 nitrogen and oxygen atoms in total. The Labute approximate surface area is 161 Å². The van der Waals surface area contributed by atoms with E-state index in [9.17, 15) is 14.5 Å². The minimum atomic E-state index is -0.890. The molecule has 0 fully saturated rings. The van der Waals surface area contributed by atoms with Crippen molar-refractivity contribution in [3.63, 3.8) is 0 Å². The predicted octanol–water partition coefficient (Wildman–Crippen LogP) is 5.14. The van der Waals surface area contributed by atoms with Crippen LogP contribution in [-0.2, 0) is 0 Å². The Morgan fingerprint density at radius 2 is 1.75 bits per heavy atom. The van der Waals surface area contributed by atoms with E-state index < -0.39 is 16.4 Å². The molecule has 1 aromatic heterocycles. The number of nitrogens with zero attached hydrogens (tertiary/aromatic N) is 3. The highest BCUT2D eigenvalue weighted by Gasteiger charge is 2.16. The van der Waals surface area contributed by atoms with Crippen LogP contribution >= 0.6 is 0 Å². The monoisotopic (exact) mass is 381 g/mol. The summed E-state index contributed by atoms with van der Waals surface area (Å²) in [7, 11) is 0. The van der Waals surface area contributed by atoms with E-state index in [1.807, 2.05) is 51.1 Å². The third-order valence-corrected chi connectivity index (χ3v) is 3.70. The quantitative estimate of drug-likeness (QED) is 0.469. The lowest BCUT2D eigenvalue weighted by Gasteiger charge is -2.21. The molecule has 0 aliphatic carbocycles. The summed E-state index contributed by atoms with van der Waals surface area (Å²) in [5.41, 5.74) is 1.07. The third-order valence-electron chi connectivity index (χ3n) is 3.70. The van der Waals surface area contributed by atoms with Gasteiger partial charge in [-0.25, -0.2) is 4.98 Å². The van der Waals surface area contributed by atoms with E-state index in [2.05, 4.69) is 20.6 Å². The average molecular weight is 381 g/mol. The van der Waals surface area contributed by atoms with Crippen molar-refractivity contribution in [2.24, 2.45) is 0 Å². The number of nitrogens with one attached hydrogen (secondary N) is 2. The van der Waals surface area contributed by atoms with E-state index in [4.69, 9.17) is 0 Å². The molecule has 0 atom stereocenters. The van der Waals surface area contributed by atoms with Crippen molar-refractivity contribution in [1.29, 1.82) is 0 Å². The van der Waals surface area contributed by atoms with Gasteiger partial charge in [-0.2, -0.15) is 9.37 Å². The van der Waals surface area contributed by atoms with Gasteiger partial charge in [0, 0.05) is 28.9 Å². The van der Waals surface area contributed by atoms with Crippen LogP contribution in [0.4, 0.5) is 27.5 Å². The second-order valence-corrected chi connectivity index (χ2v) is 7.25. The molecule has 3 rings (SSSR count). The van der Waals surface area contributed by atoms with Gasteiger partial charge in [-0.3, -0.25) is 10.1 Å². The maximum atomic E-state index is 13.6. The first-order valence-corrected chi connectivity index (χ1v) is 8.65. The first-order valence-electron chi connectivity index (χ1n) is 8.65. The van der Waals surface area contributed by atoms with E-state index >= 15 is 0 Å². The molecule has 0 aliphatic rings. The summed E-state index contributed by atoms with van der Waals surface area (Å²) in [5.74, 6) is -0.0484. The lowest BCUT2D eigenvalue weighted by Crippen LogP contribution is -2.27. The van der Waals surface area contributed by atoms with Crippen LogP contribution in [0.15, 0.2) is 54.6 Å². The Hall–Kier alpha value is -3.55. The van der Waals surface area contributed by atoms with Crippen molar-refractivity contribution in [2.75, 3.05) is 10.6 Å². The number of aromatic nitrogens is 2. The Bertz CT molecular complexity index is 1000. The normalized spacial score (nSPS) is 11.1. The van der Waals surface area contributed by atoms with E-state index in [0.717, 1.165) is 17.7 Å². The van der Waals surface area contributed by atoms with Crippen molar-refractivity contribution in [2.45, 2.75) is 26.3 Å². The molecule has 0 radical (unpaired) electrons. The first-order chi connectivity index (χ1) is 13.2. The predicted molar refractivity (Wildman–Crippen MR) is 107 cm³/mol. The minimum Gasteiger partial charge on any atom is -0.350 e. The van der Waals surface area contributed by atoms with E-state index in [1.54, 1.807) is 6.07 Å². The Morgan fingerprint density at radius 1 is 1.04 bits per heavy atom. The lowest BCUT2D eigenvalue weighted by molar-refractivity contribution is -0.387. The van der Waals surface area contributed by atoms with Crippen LogP contribution in [0.5, 0.6) is 0 Å². The molecule has 2 aromatic carbocycles. The van der Waals surface area contributed by atoms with Gasteiger partial charge in [0.15, 0.2) is 0 Å². The number of benzene rings is 2.